The summed E-state index contributed by atoms with van der Waals surface area (Å²) < 4.78 is 5.71. The van der Waals surface area contributed by atoms with Crippen molar-refractivity contribution in [1.82, 2.24) is 15.6 Å². The Kier molecular flexibility index (Phi) is 6.95. The second-order valence-corrected chi connectivity index (χ2v) is 6.59. The van der Waals surface area contributed by atoms with Crippen LogP contribution in [0.15, 0.2) is 34.9 Å². The van der Waals surface area contributed by atoms with Crippen molar-refractivity contribution in [2.24, 2.45) is 0 Å². The lowest BCUT2D eigenvalue weighted by Gasteiger charge is -2.17. The molecule has 1 aromatic heterocycles. The Balaban J connectivity index is 1.82. The molecule has 2 rings (SSSR count). The van der Waals surface area contributed by atoms with Crippen molar-refractivity contribution in [2.45, 2.75) is 59.0 Å². The van der Waals surface area contributed by atoms with Gasteiger partial charge in [-0.15, -0.1) is 0 Å². The van der Waals surface area contributed by atoms with Gasteiger partial charge in [-0.25, -0.2) is 4.98 Å². The van der Waals surface area contributed by atoms with Gasteiger partial charge in [-0.2, -0.15) is 0 Å². The first-order valence-corrected chi connectivity index (χ1v) is 9.00. The molecule has 0 radical (unpaired) electrons. The van der Waals surface area contributed by atoms with Gasteiger partial charge in [-0.3, -0.25) is 9.59 Å². The number of hydrogen-bond acceptors (Lipinski definition) is 4. The van der Waals surface area contributed by atoms with E-state index in [1.807, 2.05) is 45.0 Å². The van der Waals surface area contributed by atoms with Crippen LogP contribution in [0.3, 0.4) is 0 Å². The smallest absolute Gasteiger partial charge is 0.242 e. The molecule has 2 N–H and O–H groups in total. The molecule has 0 bridgehead atoms. The molecule has 2 atom stereocenters. The predicted molar refractivity (Wildman–Crippen MR) is 100 cm³/mol. The number of rotatable bonds is 8. The monoisotopic (exact) mass is 357 g/mol. The van der Waals surface area contributed by atoms with Crippen molar-refractivity contribution in [3.63, 3.8) is 0 Å². The van der Waals surface area contributed by atoms with Crippen LogP contribution in [-0.4, -0.2) is 28.9 Å². The van der Waals surface area contributed by atoms with Crippen LogP contribution in [0.1, 0.15) is 45.1 Å². The van der Waals surface area contributed by atoms with Crippen LogP contribution >= 0.6 is 0 Å². The third kappa shape index (κ3) is 5.72. The van der Waals surface area contributed by atoms with Gasteiger partial charge in [0, 0.05) is 24.4 Å². The van der Waals surface area contributed by atoms with E-state index in [9.17, 15) is 9.59 Å². The van der Waals surface area contributed by atoms with Crippen molar-refractivity contribution < 1.29 is 14.0 Å². The fourth-order valence-electron chi connectivity index (χ4n) is 2.35. The first kappa shape index (κ1) is 19.7. The molecule has 0 saturated heterocycles. The number of aryl methyl sites for hydroxylation is 2. The third-order valence-electron chi connectivity index (χ3n) is 4.23. The average Bonchev–Trinajstić information content (AvgIpc) is 3.09. The van der Waals surface area contributed by atoms with Crippen LogP contribution in [0.4, 0.5) is 0 Å². The summed E-state index contributed by atoms with van der Waals surface area (Å²) in [7, 11) is 0. The highest BCUT2D eigenvalue weighted by Gasteiger charge is 2.17. The quantitative estimate of drug-likeness (QED) is 0.761. The molecule has 0 aliphatic rings. The molecule has 140 valence electrons. The molecule has 0 fully saturated rings. The van der Waals surface area contributed by atoms with E-state index >= 15 is 0 Å². The minimum Gasteiger partial charge on any atom is -0.441 e. The number of amides is 2. The summed E-state index contributed by atoms with van der Waals surface area (Å²) in [4.78, 5) is 28.2. The lowest BCUT2D eigenvalue weighted by Crippen LogP contribution is -2.47. The zero-order chi connectivity index (χ0) is 19.1. The molecule has 0 aliphatic carbocycles. The molecule has 2 unspecified atom stereocenters. The Morgan fingerprint density at radius 2 is 1.85 bits per heavy atom. The molecule has 2 amide bonds. The maximum absolute atomic E-state index is 12.0. The van der Waals surface area contributed by atoms with E-state index in [2.05, 4.69) is 15.6 Å². The number of nitrogens with one attached hydrogen (secondary N) is 2. The lowest BCUT2D eigenvalue weighted by molar-refractivity contribution is -0.129. The second-order valence-electron chi connectivity index (χ2n) is 6.59. The summed E-state index contributed by atoms with van der Waals surface area (Å²) >= 11 is 0. The minimum atomic E-state index is -0.566. The van der Waals surface area contributed by atoms with Gasteiger partial charge in [0.2, 0.25) is 11.8 Å². The molecule has 0 spiro atoms. The van der Waals surface area contributed by atoms with Crippen LogP contribution in [0.25, 0.3) is 11.3 Å². The number of benzene rings is 1. The molecule has 6 heteroatoms. The van der Waals surface area contributed by atoms with Crippen molar-refractivity contribution in [3.05, 3.63) is 41.9 Å². The van der Waals surface area contributed by atoms with E-state index in [0.29, 0.717) is 18.1 Å². The number of carbonyl (C=O) groups excluding carboxylic acids is 2. The van der Waals surface area contributed by atoms with Gasteiger partial charge in [-0.1, -0.05) is 36.8 Å². The van der Waals surface area contributed by atoms with Gasteiger partial charge in [0.1, 0.15) is 6.04 Å². The largest absolute Gasteiger partial charge is 0.441 e. The number of oxazole rings is 1. The van der Waals surface area contributed by atoms with Crippen LogP contribution in [-0.2, 0) is 16.0 Å². The zero-order valence-corrected chi connectivity index (χ0v) is 15.8. The number of aromatic nitrogens is 1. The van der Waals surface area contributed by atoms with Crippen molar-refractivity contribution in [3.8, 4) is 11.3 Å². The van der Waals surface area contributed by atoms with Gasteiger partial charge >= 0.3 is 0 Å². The molecule has 0 aliphatic heterocycles. The molecule has 2 aromatic rings. The summed E-state index contributed by atoms with van der Waals surface area (Å²) in [6, 6.07) is 7.50. The lowest BCUT2D eigenvalue weighted by atomic mass is 10.1. The minimum absolute atomic E-state index is 0.0920. The highest BCUT2D eigenvalue weighted by molar-refractivity contribution is 5.87. The Labute approximate surface area is 154 Å². The van der Waals surface area contributed by atoms with E-state index in [4.69, 9.17) is 4.42 Å². The van der Waals surface area contributed by atoms with E-state index < -0.39 is 6.04 Å². The average molecular weight is 357 g/mol. The molecular weight excluding hydrogens is 330 g/mol. The molecule has 1 aromatic carbocycles. The molecular formula is C20H27N3O3. The predicted octanol–water partition coefficient (Wildman–Crippen LogP) is 3.00. The van der Waals surface area contributed by atoms with Crippen LogP contribution in [0, 0.1) is 6.92 Å². The van der Waals surface area contributed by atoms with E-state index in [1.54, 1.807) is 13.1 Å². The fourth-order valence-corrected chi connectivity index (χ4v) is 2.35. The van der Waals surface area contributed by atoms with Crippen molar-refractivity contribution in [2.75, 3.05) is 0 Å². The first-order chi connectivity index (χ1) is 12.4. The summed E-state index contributed by atoms with van der Waals surface area (Å²) in [5, 5.41) is 5.55. The van der Waals surface area contributed by atoms with Crippen LogP contribution in [0.2, 0.25) is 0 Å². The molecule has 26 heavy (non-hydrogen) atoms. The number of carbonyl (C=O) groups is 2. The van der Waals surface area contributed by atoms with Gasteiger partial charge in [0.05, 0.1) is 6.20 Å². The number of nitrogens with zero attached hydrogens (tertiary/aromatic N) is 1. The standard InChI is InChI=1S/C20H27N3O3/c1-5-14(3)22-20(25)15(4)23-18(24)10-11-19-21-12-17(26-19)16-8-6-13(2)7-9-16/h6-9,12,14-15H,5,10-11H2,1-4H3,(H,22,25)(H,23,24). The summed E-state index contributed by atoms with van der Waals surface area (Å²) in [6.07, 6.45) is 3.12. The fraction of sp³-hybridized carbons (Fsp3) is 0.450. The molecule has 6 nitrogen and oxygen atoms in total. The summed E-state index contributed by atoms with van der Waals surface area (Å²) in [6.45, 7) is 7.63. The maximum atomic E-state index is 12.0. The molecule has 0 saturated carbocycles. The summed E-state index contributed by atoms with van der Waals surface area (Å²) in [5.74, 6) is 0.812. The normalized spacial score (nSPS) is 13.1. The first-order valence-electron chi connectivity index (χ1n) is 9.00. The van der Waals surface area contributed by atoms with Crippen molar-refractivity contribution >= 4 is 11.8 Å². The highest BCUT2D eigenvalue weighted by Crippen LogP contribution is 2.21. The Morgan fingerprint density at radius 1 is 1.15 bits per heavy atom. The van der Waals surface area contributed by atoms with Gasteiger partial charge in [0.15, 0.2) is 11.7 Å². The van der Waals surface area contributed by atoms with Crippen LogP contribution in [0.5, 0.6) is 0 Å². The zero-order valence-electron chi connectivity index (χ0n) is 15.8. The number of hydrogen-bond donors (Lipinski definition) is 2. The van der Waals surface area contributed by atoms with Gasteiger partial charge in [0.25, 0.3) is 0 Å². The Bertz CT molecular complexity index is 737. The second kappa shape index (κ2) is 9.17. The van der Waals surface area contributed by atoms with Crippen LogP contribution < -0.4 is 10.6 Å². The van der Waals surface area contributed by atoms with E-state index in [0.717, 1.165) is 12.0 Å². The Morgan fingerprint density at radius 3 is 2.50 bits per heavy atom. The Hall–Kier alpha value is -2.63. The van der Waals surface area contributed by atoms with Gasteiger partial charge < -0.3 is 15.1 Å². The molecule has 1 heterocycles. The van der Waals surface area contributed by atoms with Crippen molar-refractivity contribution in [1.29, 1.82) is 0 Å². The topological polar surface area (TPSA) is 84.2 Å². The van der Waals surface area contributed by atoms with E-state index in [-0.39, 0.29) is 24.3 Å². The SMILES string of the molecule is CCC(C)NC(=O)C(C)NC(=O)CCc1ncc(-c2ccc(C)cc2)o1. The summed E-state index contributed by atoms with van der Waals surface area (Å²) in [5.41, 5.74) is 2.13. The van der Waals surface area contributed by atoms with Gasteiger partial charge in [-0.05, 0) is 27.2 Å². The third-order valence-corrected chi connectivity index (χ3v) is 4.23. The van der Waals surface area contributed by atoms with E-state index in [1.165, 1.54) is 5.56 Å². The maximum Gasteiger partial charge on any atom is 0.242 e. The highest BCUT2D eigenvalue weighted by atomic mass is 16.4.